The fourth-order valence-corrected chi connectivity index (χ4v) is 3.70. The molecule has 0 aliphatic rings. The first-order valence-corrected chi connectivity index (χ1v) is 10.4. The van der Waals surface area contributed by atoms with E-state index >= 15 is 0 Å². The first-order chi connectivity index (χ1) is 14.6. The minimum Gasteiger partial charge on any atom is -0.497 e. The van der Waals surface area contributed by atoms with Gasteiger partial charge in [0, 0.05) is 24.6 Å². The normalized spacial score (nSPS) is 10.5. The first kappa shape index (κ1) is 21.6. The summed E-state index contributed by atoms with van der Waals surface area (Å²) in [6.45, 7) is 0.543. The number of aromatic nitrogens is 2. The highest BCUT2D eigenvalue weighted by Gasteiger charge is 2.10. The number of ether oxygens (including phenoxy) is 3. The van der Waals surface area contributed by atoms with E-state index < -0.39 is 0 Å². The molecule has 2 aromatic carbocycles. The maximum atomic E-state index is 12.3. The Morgan fingerprint density at radius 2 is 1.80 bits per heavy atom. The minimum absolute atomic E-state index is 0.0373. The highest BCUT2D eigenvalue weighted by Crippen LogP contribution is 2.27. The summed E-state index contributed by atoms with van der Waals surface area (Å²) in [7, 11) is 4.85. The van der Waals surface area contributed by atoms with Crippen LogP contribution in [0.1, 0.15) is 5.56 Å². The minimum atomic E-state index is -0.0373. The van der Waals surface area contributed by atoms with Crippen LogP contribution in [0.2, 0.25) is 0 Å². The Morgan fingerprint density at radius 3 is 2.50 bits per heavy atom. The second kappa shape index (κ2) is 10.6. The number of benzene rings is 2. The Bertz CT molecular complexity index is 973. The summed E-state index contributed by atoms with van der Waals surface area (Å²) in [6.07, 6.45) is 4.30. The molecule has 0 atom stereocenters. The fraction of sp³-hybridized carbons (Fsp3) is 0.273. The number of hydrogen-bond acceptors (Lipinski definition) is 6. The van der Waals surface area contributed by atoms with Crippen molar-refractivity contribution >= 4 is 17.7 Å². The van der Waals surface area contributed by atoms with Gasteiger partial charge in [0.2, 0.25) is 5.91 Å². The van der Waals surface area contributed by atoms with Gasteiger partial charge in [0.25, 0.3) is 0 Å². The number of imidazole rings is 1. The van der Waals surface area contributed by atoms with Crippen LogP contribution in [0.5, 0.6) is 17.2 Å². The molecule has 0 fully saturated rings. The molecule has 0 saturated carbocycles. The predicted molar refractivity (Wildman–Crippen MR) is 117 cm³/mol. The number of rotatable bonds is 10. The van der Waals surface area contributed by atoms with Crippen LogP contribution in [-0.2, 0) is 11.2 Å². The molecule has 8 heteroatoms. The number of nitrogens with zero attached hydrogens (tertiary/aromatic N) is 2. The molecule has 30 heavy (non-hydrogen) atoms. The largest absolute Gasteiger partial charge is 0.497 e. The fourth-order valence-electron chi connectivity index (χ4n) is 2.90. The van der Waals surface area contributed by atoms with Gasteiger partial charge in [-0.1, -0.05) is 17.8 Å². The average molecular weight is 428 g/mol. The predicted octanol–water partition coefficient (Wildman–Crippen LogP) is 3.35. The number of nitrogens with one attached hydrogen (secondary N) is 1. The van der Waals surface area contributed by atoms with Crippen molar-refractivity contribution in [1.29, 1.82) is 0 Å². The smallest absolute Gasteiger partial charge is 0.230 e. The Kier molecular flexibility index (Phi) is 7.62. The van der Waals surface area contributed by atoms with Gasteiger partial charge in [-0.15, -0.1) is 0 Å². The molecule has 158 valence electrons. The summed E-state index contributed by atoms with van der Waals surface area (Å²) in [5, 5.41) is 3.71. The highest BCUT2D eigenvalue weighted by atomic mass is 32.2. The molecule has 0 spiro atoms. The van der Waals surface area contributed by atoms with Crippen molar-refractivity contribution in [3.05, 3.63) is 60.4 Å². The summed E-state index contributed by atoms with van der Waals surface area (Å²) in [4.78, 5) is 16.6. The van der Waals surface area contributed by atoms with E-state index in [1.807, 2.05) is 53.2 Å². The number of carbonyl (C=O) groups excluding carboxylic acids is 1. The molecule has 1 amide bonds. The van der Waals surface area contributed by atoms with Crippen molar-refractivity contribution in [3.63, 3.8) is 0 Å². The van der Waals surface area contributed by atoms with Gasteiger partial charge in [0.1, 0.15) is 5.75 Å². The molecular weight excluding hydrogens is 402 g/mol. The van der Waals surface area contributed by atoms with Crippen molar-refractivity contribution in [2.24, 2.45) is 0 Å². The van der Waals surface area contributed by atoms with E-state index in [1.54, 1.807) is 27.5 Å². The quantitative estimate of drug-likeness (QED) is 0.500. The van der Waals surface area contributed by atoms with Crippen LogP contribution < -0.4 is 19.5 Å². The lowest BCUT2D eigenvalue weighted by molar-refractivity contribution is -0.118. The maximum absolute atomic E-state index is 12.3. The van der Waals surface area contributed by atoms with Gasteiger partial charge in [-0.3, -0.25) is 9.36 Å². The lowest BCUT2D eigenvalue weighted by atomic mass is 10.1. The zero-order valence-electron chi connectivity index (χ0n) is 17.3. The van der Waals surface area contributed by atoms with Crippen molar-refractivity contribution in [3.8, 4) is 22.9 Å². The van der Waals surface area contributed by atoms with Crippen LogP contribution in [0.4, 0.5) is 0 Å². The Labute approximate surface area is 180 Å². The molecular formula is C22H25N3O4S. The SMILES string of the molecule is COc1ccc(-n2ccnc2SCC(=O)NCCc2ccc(OC)c(OC)c2)cc1. The molecule has 1 N–H and O–H groups in total. The van der Waals surface area contributed by atoms with E-state index in [9.17, 15) is 4.79 Å². The number of hydrogen-bond donors (Lipinski definition) is 1. The van der Waals surface area contributed by atoms with Gasteiger partial charge < -0.3 is 19.5 Å². The second-order valence-electron chi connectivity index (χ2n) is 6.36. The van der Waals surface area contributed by atoms with E-state index in [0.717, 1.165) is 22.2 Å². The molecule has 7 nitrogen and oxygen atoms in total. The van der Waals surface area contributed by atoms with Crippen LogP contribution in [0.3, 0.4) is 0 Å². The van der Waals surface area contributed by atoms with E-state index in [0.29, 0.717) is 30.2 Å². The van der Waals surface area contributed by atoms with Crippen LogP contribution in [-0.4, -0.2) is 49.1 Å². The van der Waals surface area contributed by atoms with Crippen molar-refractivity contribution in [2.45, 2.75) is 11.6 Å². The Balaban J connectivity index is 1.49. The maximum Gasteiger partial charge on any atom is 0.230 e. The lowest BCUT2D eigenvalue weighted by Crippen LogP contribution is -2.27. The van der Waals surface area contributed by atoms with E-state index in [-0.39, 0.29) is 5.91 Å². The topological polar surface area (TPSA) is 74.6 Å². The Morgan fingerprint density at radius 1 is 1.03 bits per heavy atom. The number of methoxy groups -OCH3 is 3. The standard InChI is InChI=1S/C22H25N3O4S/c1-27-18-7-5-17(6-8-18)25-13-12-24-22(25)30-15-21(26)23-11-10-16-4-9-19(28-2)20(14-16)29-3/h4-9,12-14H,10-11,15H2,1-3H3,(H,23,26). The molecule has 0 bridgehead atoms. The van der Waals surface area contributed by atoms with Gasteiger partial charge >= 0.3 is 0 Å². The van der Waals surface area contributed by atoms with Crippen molar-refractivity contribution < 1.29 is 19.0 Å². The molecule has 1 aromatic heterocycles. The second-order valence-corrected chi connectivity index (χ2v) is 7.30. The molecule has 0 radical (unpaired) electrons. The average Bonchev–Trinajstić information content (AvgIpc) is 3.26. The monoisotopic (exact) mass is 427 g/mol. The molecule has 0 aliphatic heterocycles. The molecule has 3 rings (SSSR count). The third kappa shape index (κ3) is 5.48. The lowest BCUT2D eigenvalue weighted by Gasteiger charge is -2.10. The third-order valence-corrected chi connectivity index (χ3v) is 5.44. The van der Waals surface area contributed by atoms with Crippen molar-refractivity contribution in [2.75, 3.05) is 33.6 Å². The highest BCUT2D eigenvalue weighted by molar-refractivity contribution is 7.99. The summed E-state index contributed by atoms with van der Waals surface area (Å²) < 4.78 is 17.7. The van der Waals surface area contributed by atoms with Crippen LogP contribution in [0.15, 0.2) is 60.0 Å². The van der Waals surface area contributed by atoms with Gasteiger partial charge in [-0.2, -0.15) is 0 Å². The van der Waals surface area contributed by atoms with E-state index in [4.69, 9.17) is 14.2 Å². The summed E-state index contributed by atoms with van der Waals surface area (Å²) in [6, 6.07) is 13.4. The van der Waals surface area contributed by atoms with Crippen LogP contribution in [0.25, 0.3) is 5.69 Å². The van der Waals surface area contributed by atoms with Gasteiger partial charge in [-0.05, 0) is 48.4 Å². The summed E-state index contributed by atoms with van der Waals surface area (Å²) in [5.41, 5.74) is 2.03. The zero-order chi connectivity index (χ0) is 21.3. The van der Waals surface area contributed by atoms with Crippen LogP contribution >= 0.6 is 11.8 Å². The van der Waals surface area contributed by atoms with Gasteiger partial charge in [0.05, 0.1) is 27.1 Å². The van der Waals surface area contributed by atoms with Crippen LogP contribution in [0, 0.1) is 0 Å². The molecule has 1 heterocycles. The Hall–Kier alpha value is -3.13. The molecule has 0 unspecified atom stereocenters. The molecule has 0 saturated heterocycles. The van der Waals surface area contributed by atoms with E-state index in [2.05, 4.69) is 10.3 Å². The zero-order valence-corrected chi connectivity index (χ0v) is 18.1. The number of thioether (sulfide) groups is 1. The molecule has 0 aliphatic carbocycles. The van der Waals surface area contributed by atoms with Crippen molar-refractivity contribution in [1.82, 2.24) is 14.9 Å². The summed E-state index contributed by atoms with van der Waals surface area (Å²) >= 11 is 1.40. The van der Waals surface area contributed by atoms with Gasteiger partial charge in [0.15, 0.2) is 16.7 Å². The van der Waals surface area contributed by atoms with E-state index in [1.165, 1.54) is 11.8 Å². The molecule has 3 aromatic rings. The first-order valence-electron chi connectivity index (χ1n) is 9.42. The third-order valence-electron chi connectivity index (χ3n) is 4.47. The number of amides is 1. The summed E-state index contributed by atoms with van der Waals surface area (Å²) in [5.74, 6) is 2.42. The number of carbonyl (C=O) groups is 1. The van der Waals surface area contributed by atoms with Gasteiger partial charge in [-0.25, -0.2) is 4.98 Å².